The molecular formula is C17H29N5O2. The molecule has 1 fully saturated rings. The Morgan fingerprint density at radius 3 is 2.67 bits per heavy atom. The van der Waals surface area contributed by atoms with E-state index < -0.39 is 0 Å². The van der Waals surface area contributed by atoms with Crippen LogP contribution in [-0.4, -0.2) is 58.6 Å². The lowest BCUT2D eigenvalue weighted by atomic mass is 9.84. The lowest BCUT2D eigenvalue weighted by Crippen LogP contribution is -2.49. The van der Waals surface area contributed by atoms with E-state index in [0.29, 0.717) is 25.9 Å². The van der Waals surface area contributed by atoms with Crippen LogP contribution in [-0.2, 0) is 16.6 Å². The number of rotatable bonds is 5. The van der Waals surface area contributed by atoms with Crippen LogP contribution in [0.2, 0.25) is 0 Å². The third-order valence-corrected chi connectivity index (χ3v) is 4.84. The number of hydrogen-bond acceptors (Lipinski definition) is 4. The standard InChI is InChI=1S/C17H29N5O2/c1-17(2,10-18)11-20(3)16(24)13-6-7-14(23)22(5)15(13)12-8-19-21(4)9-12/h8-9,13,15H,6-7,10-11,18H2,1-5H3. The molecule has 0 aliphatic carbocycles. The van der Waals surface area contributed by atoms with E-state index in [1.165, 1.54) is 0 Å². The Labute approximate surface area is 143 Å². The lowest BCUT2D eigenvalue weighted by Gasteiger charge is -2.40. The molecule has 0 radical (unpaired) electrons. The molecule has 2 rings (SSSR count). The number of nitrogens with zero attached hydrogens (tertiary/aromatic N) is 4. The van der Waals surface area contributed by atoms with Crippen LogP contribution in [0.5, 0.6) is 0 Å². The van der Waals surface area contributed by atoms with Crippen molar-refractivity contribution >= 4 is 11.8 Å². The van der Waals surface area contributed by atoms with E-state index in [0.717, 1.165) is 5.56 Å². The zero-order valence-corrected chi connectivity index (χ0v) is 15.3. The van der Waals surface area contributed by atoms with Crippen molar-refractivity contribution in [2.75, 3.05) is 27.2 Å². The first-order valence-corrected chi connectivity index (χ1v) is 8.35. The van der Waals surface area contributed by atoms with Crippen LogP contribution in [0.3, 0.4) is 0 Å². The highest BCUT2D eigenvalue weighted by molar-refractivity contribution is 5.84. The van der Waals surface area contributed by atoms with Crippen LogP contribution in [0, 0.1) is 11.3 Å². The SMILES string of the molecule is CN(CC(C)(C)CN)C(=O)C1CCC(=O)N(C)C1c1cnn(C)c1. The number of likely N-dealkylation sites (tertiary alicyclic amines) is 1. The Kier molecular flexibility index (Phi) is 5.32. The molecule has 1 aromatic rings. The summed E-state index contributed by atoms with van der Waals surface area (Å²) >= 11 is 0. The predicted molar refractivity (Wildman–Crippen MR) is 91.9 cm³/mol. The summed E-state index contributed by atoms with van der Waals surface area (Å²) in [7, 11) is 5.42. The van der Waals surface area contributed by atoms with Crippen LogP contribution in [0.25, 0.3) is 0 Å². The molecule has 7 nitrogen and oxygen atoms in total. The second-order valence-corrected chi connectivity index (χ2v) is 7.60. The fraction of sp³-hybridized carbons (Fsp3) is 0.706. The second kappa shape index (κ2) is 6.93. The minimum Gasteiger partial charge on any atom is -0.345 e. The van der Waals surface area contributed by atoms with Gasteiger partial charge in [0.15, 0.2) is 0 Å². The zero-order valence-electron chi connectivity index (χ0n) is 15.3. The third kappa shape index (κ3) is 3.77. The highest BCUT2D eigenvalue weighted by Crippen LogP contribution is 2.36. The number of piperidine rings is 1. The number of hydrogen-bond donors (Lipinski definition) is 1. The average molecular weight is 335 g/mol. The van der Waals surface area contributed by atoms with Gasteiger partial charge in [0.1, 0.15) is 0 Å². The Balaban J connectivity index is 2.25. The number of aromatic nitrogens is 2. The number of nitrogens with two attached hydrogens (primary N) is 1. The molecule has 0 bridgehead atoms. The summed E-state index contributed by atoms with van der Waals surface area (Å²) in [6.07, 6.45) is 4.58. The van der Waals surface area contributed by atoms with Gasteiger partial charge in [-0.1, -0.05) is 13.8 Å². The van der Waals surface area contributed by atoms with Crippen molar-refractivity contribution in [1.29, 1.82) is 0 Å². The summed E-state index contributed by atoms with van der Waals surface area (Å²) in [5, 5.41) is 4.20. The van der Waals surface area contributed by atoms with Gasteiger partial charge in [-0.15, -0.1) is 0 Å². The molecule has 2 heterocycles. The number of aryl methyl sites for hydroxylation is 1. The predicted octanol–water partition coefficient (Wildman–Crippen LogP) is 0.773. The molecule has 1 aliphatic heterocycles. The van der Waals surface area contributed by atoms with Crippen LogP contribution in [0.4, 0.5) is 0 Å². The molecule has 2 amide bonds. The highest BCUT2D eigenvalue weighted by atomic mass is 16.2. The molecule has 2 N–H and O–H groups in total. The van der Waals surface area contributed by atoms with Crippen molar-refractivity contribution in [3.8, 4) is 0 Å². The van der Waals surface area contributed by atoms with Crippen molar-refractivity contribution in [3.63, 3.8) is 0 Å². The minimum atomic E-state index is -0.268. The maximum Gasteiger partial charge on any atom is 0.227 e. The van der Waals surface area contributed by atoms with Crippen LogP contribution in [0.1, 0.15) is 38.3 Å². The Bertz CT molecular complexity index is 610. The number of amides is 2. The maximum absolute atomic E-state index is 13.1. The fourth-order valence-corrected chi connectivity index (χ4v) is 3.41. The molecule has 1 aliphatic rings. The molecule has 1 saturated heterocycles. The van der Waals surface area contributed by atoms with Gasteiger partial charge in [-0.25, -0.2) is 0 Å². The molecule has 2 unspecified atom stereocenters. The number of carbonyl (C=O) groups is 2. The van der Waals surface area contributed by atoms with Crippen molar-refractivity contribution < 1.29 is 9.59 Å². The van der Waals surface area contributed by atoms with Crippen LogP contribution < -0.4 is 5.73 Å². The minimum absolute atomic E-state index is 0.0599. The van der Waals surface area contributed by atoms with Gasteiger partial charge in [0.25, 0.3) is 0 Å². The molecule has 0 spiro atoms. The van der Waals surface area contributed by atoms with Crippen molar-refractivity contribution in [2.24, 2.45) is 24.1 Å². The van der Waals surface area contributed by atoms with E-state index >= 15 is 0 Å². The Hall–Kier alpha value is -1.89. The first kappa shape index (κ1) is 18.4. The van der Waals surface area contributed by atoms with Crippen LogP contribution in [0.15, 0.2) is 12.4 Å². The van der Waals surface area contributed by atoms with E-state index in [1.807, 2.05) is 34.1 Å². The molecule has 24 heavy (non-hydrogen) atoms. The van der Waals surface area contributed by atoms with Gasteiger partial charge in [-0.2, -0.15) is 5.10 Å². The summed E-state index contributed by atoms with van der Waals surface area (Å²) in [5.41, 5.74) is 6.56. The van der Waals surface area contributed by atoms with Gasteiger partial charge in [0, 0.05) is 45.9 Å². The quantitative estimate of drug-likeness (QED) is 0.861. The maximum atomic E-state index is 13.1. The Morgan fingerprint density at radius 1 is 1.46 bits per heavy atom. The van der Waals surface area contributed by atoms with Gasteiger partial charge in [0.2, 0.25) is 11.8 Å². The molecule has 134 valence electrons. The molecule has 7 heteroatoms. The topological polar surface area (TPSA) is 84.5 Å². The van der Waals surface area contributed by atoms with E-state index in [2.05, 4.69) is 5.10 Å². The highest BCUT2D eigenvalue weighted by Gasteiger charge is 2.41. The summed E-state index contributed by atoms with van der Waals surface area (Å²) in [6.45, 7) is 5.20. The smallest absolute Gasteiger partial charge is 0.227 e. The largest absolute Gasteiger partial charge is 0.345 e. The van der Waals surface area contributed by atoms with Gasteiger partial charge in [-0.05, 0) is 18.4 Å². The Morgan fingerprint density at radius 2 is 2.12 bits per heavy atom. The van der Waals surface area contributed by atoms with Crippen molar-refractivity contribution in [3.05, 3.63) is 18.0 Å². The first-order valence-electron chi connectivity index (χ1n) is 8.35. The first-order chi connectivity index (χ1) is 11.2. The van der Waals surface area contributed by atoms with E-state index in [1.54, 1.807) is 27.7 Å². The monoisotopic (exact) mass is 335 g/mol. The van der Waals surface area contributed by atoms with Gasteiger partial charge in [-0.3, -0.25) is 14.3 Å². The van der Waals surface area contributed by atoms with E-state index in [4.69, 9.17) is 5.73 Å². The van der Waals surface area contributed by atoms with Crippen molar-refractivity contribution in [2.45, 2.75) is 32.7 Å². The fourth-order valence-electron chi connectivity index (χ4n) is 3.41. The molecule has 0 aromatic carbocycles. The second-order valence-electron chi connectivity index (χ2n) is 7.60. The lowest BCUT2D eigenvalue weighted by molar-refractivity contribution is -0.146. The average Bonchev–Trinajstić information content (AvgIpc) is 2.94. The normalized spacial score (nSPS) is 21.9. The van der Waals surface area contributed by atoms with Crippen LogP contribution >= 0.6 is 0 Å². The summed E-state index contributed by atoms with van der Waals surface area (Å²) < 4.78 is 1.70. The summed E-state index contributed by atoms with van der Waals surface area (Å²) in [5.74, 6) is -0.127. The third-order valence-electron chi connectivity index (χ3n) is 4.84. The van der Waals surface area contributed by atoms with Gasteiger partial charge >= 0.3 is 0 Å². The molecule has 2 atom stereocenters. The molecular weight excluding hydrogens is 306 g/mol. The van der Waals surface area contributed by atoms with E-state index in [-0.39, 0.29) is 29.2 Å². The van der Waals surface area contributed by atoms with Crippen molar-refractivity contribution in [1.82, 2.24) is 19.6 Å². The molecule has 0 saturated carbocycles. The van der Waals surface area contributed by atoms with Gasteiger partial charge in [0.05, 0.1) is 18.2 Å². The summed E-state index contributed by atoms with van der Waals surface area (Å²) in [4.78, 5) is 28.6. The number of carbonyl (C=O) groups excluding carboxylic acids is 2. The van der Waals surface area contributed by atoms with E-state index in [9.17, 15) is 9.59 Å². The zero-order chi connectivity index (χ0) is 18.1. The summed E-state index contributed by atoms with van der Waals surface area (Å²) in [6, 6.07) is -0.268. The molecule has 1 aromatic heterocycles. The van der Waals surface area contributed by atoms with Gasteiger partial charge < -0.3 is 15.5 Å².